The fraction of sp³-hybridized carbons (Fsp3) is 0.438. The Labute approximate surface area is 140 Å². The lowest BCUT2D eigenvalue weighted by atomic mass is 10.1. The van der Waals surface area contributed by atoms with Gasteiger partial charge in [-0.25, -0.2) is 22.0 Å². The Balaban J connectivity index is 3.43. The zero-order valence-corrected chi connectivity index (χ0v) is 14.7. The number of carbonyl (C=O) groups is 1. The van der Waals surface area contributed by atoms with Crippen LogP contribution in [0.2, 0.25) is 0 Å². The number of ether oxygens (including phenoxy) is 1. The molecule has 132 valence electrons. The molecular weight excluding hydrogens is 340 g/mol. The number of rotatable bonds is 4. The van der Waals surface area contributed by atoms with Crippen LogP contribution in [-0.4, -0.2) is 32.9 Å². The molecule has 0 fully saturated rings. The molecule has 1 aromatic carbocycles. The van der Waals surface area contributed by atoms with Crippen LogP contribution in [0.15, 0.2) is 23.1 Å². The molecular formula is C16H19F2NO4S. The molecule has 0 radical (unpaired) electrons. The van der Waals surface area contributed by atoms with Crippen molar-refractivity contribution >= 4 is 21.6 Å². The summed E-state index contributed by atoms with van der Waals surface area (Å²) in [6, 6.07) is 3.10. The van der Waals surface area contributed by atoms with Crippen LogP contribution >= 0.6 is 0 Å². The Morgan fingerprint density at radius 2 is 1.96 bits per heavy atom. The molecule has 0 aliphatic rings. The van der Waals surface area contributed by atoms with E-state index in [1.807, 2.05) is 0 Å². The lowest BCUT2D eigenvalue weighted by Gasteiger charge is -2.27. The summed E-state index contributed by atoms with van der Waals surface area (Å²) in [5.74, 6) is 2.21. The largest absolute Gasteiger partial charge is 0.443 e. The average molecular weight is 359 g/mol. The van der Waals surface area contributed by atoms with E-state index in [-0.39, 0.29) is 17.1 Å². The SMILES string of the molecule is C#CCN(C(=O)OC(C)(C)C)c1ccc(S(C)(=O)=O)cc1C(F)F. The van der Waals surface area contributed by atoms with E-state index in [0.717, 1.165) is 29.4 Å². The number of terminal acetylenes is 1. The second-order valence-electron chi connectivity index (χ2n) is 6.06. The highest BCUT2D eigenvalue weighted by atomic mass is 32.2. The highest BCUT2D eigenvalue weighted by molar-refractivity contribution is 7.90. The quantitative estimate of drug-likeness (QED) is 0.773. The third-order valence-corrected chi connectivity index (χ3v) is 3.93. The molecule has 1 rings (SSSR count). The molecule has 0 aliphatic carbocycles. The summed E-state index contributed by atoms with van der Waals surface area (Å²) in [6.07, 6.45) is 2.23. The summed E-state index contributed by atoms with van der Waals surface area (Å²) in [7, 11) is -3.67. The predicted octanol–water partition coefficient (Wildman–Crippen LogP) is 3.40. The maximum atomic E-state index is 13.4. The van der Waals surface area contributed by atoms with E-state index < -0.39 is 33.5 Å². The van der Waals surface area contributed by atoms with Crippen molar-refractivity contribution in [3.8, 4) is 12.3 Å². The molecule has 0 heterocycles. The summed E-state index contributed by atoms with van der Waals surface area (Å²) in [5, 5.41) is 0. The molecule has 0 bridgehead atoms. The van der Waals surface area contributed by atoms with E-state index in [0.29, 0.717) is 0 Å². The van der Waals surface area contributed by atoms with E-state index in [1.54, 1.807) is 20.8 Å². The Kier molecular flexibility index (Phi) is 5.95. The number of benzene rings is 1. The molecule has 1 aromatic rings. The number of halogens is 2. The monoisotopic (exact) mass is 359 g/mol. The van der Waals surface area contributed by atoms with E-state index in [9.17, 15) is 22.0 Å². The number of hydrogen-bond acceptors (Lipinski definition) is 4. The Morgan fingerprint density at radius 3 is 2.38 bits per heavy atom. The van der Waals surface area contributed by atoms with Crippen molar-refractivity contribution in [1.82, 2.24) is 0 Å². The van der Waals surface area contributed by atoms with Gasteiger partial charge in [0.05, 0.1) is 17.1 Å². The molecule has 0 spiro atoms. The predicted molar refractivity (Wildman–Crippen MR) is 86.9 cm³/mol. The first-order valence-corrected chi connectivity index (χ1v) is 8.82. The van der Waals surface area contributed by atoms with Crippen molar-refractivity contribution in [1.29, 1.82) is 0 Å². The van der Waals surface area contributed by atoms with Gasteiger partial charge >= 0.3 is 6.09 Å². The molecule has 0 N–H and O–H groups in total. The number of anilines is 1. The maximum absolute atomic E-state index is 13.4. The van der Waals surface area contributed by atoms with Crippen LogP contribution in [0.4, 0.5) is 19.3 Å². The van der Waals surface area contributed by atoms with E-state index >= 15 is 0 Å². The van der Waals surface area contributed by atoms with Gasteiger partial charge in [0.1, 0.15) is 5.60 Å². The summed E-state index contributed by atoms with van der Waals surface area (Å²) in [4.78, 5) is 12.9. The number of nitrogens with zero attached hydrogens (tertiary/aromatic N) is 1. The number of carbonyl (C=O) groups excluding carboxylic acids is 1. The minimum Gasteiger partial charge on any atom is -0.443 e. The van der Waals surface area contributed by atoms with E-state index in [4.69, 9.17) is 11.2 Å². The zero-order chi connectivity index (χ0) is 18.7. The molecule has 0 aromatic heterocycles. The topological polar surface area (TPSA) is 63.7 Å². The van der Waals surface area contributed by atoms with Gasteiger partial charge in [0.25, 0.3) is 6.43 Å². The van der Waals surface area contributed by atoms with Gasteiger partial charge in [-0.2, -0.15) is 0 Å². The van der Waals surface area contributed by atoms with Gasteiger partial charge in [-0.1, -0.05) is 5.92 Å². The molecule has 24 heavy (non-hydrogen) atoms. The Morgan fingerprint density at radius 1 is 1.38 bits per heavy atom. The fourth-order valence-electron chi connectivity index (χ4n) is 1.84. The van der Waals surface area contributed by atoms with Crippen molar-refractivity contribution in [3.63, 3.8) is 0 Å². The van der Waals surface area contributed by atoms with Crippen molar-refractivity contribution in [3.05, 3.63) is 23.8 Å². The zero-order valence-electron chi connectivity index (χ0n) is 13.8. The number of hydrogen-bond donors (Lipinski definition) is 0. The van der Waals surface area contributed by atoms with Crippen molar-refractivity contribution < 1.29 is 26.7 Å². The van der Waals surface area contributed by atoms with Crippen LogP contribution in [0, 0.1) is 12.3 Å². The van der Waals surface area contributed by atoms with Crippen LogP contribution < -0.4 is 4.90 Å². The molecule has 1 amide bonds. The molecule has 0 unspecified atom stereocenters. The smallest absolute Gasteiger partial charge is 0.415 e. The number of amides is 1. The first kappa shape index (κ1) is 19.9. The van der Waals surface area contributed by atoms with Gasteiger partial charge in [-0.15, -0.1) is 6.42 Å². The first-order chi connectivity index (χ1) is 10.9. The summed E-state index contributed by atoms with van der Waals surface area (Å²) < 4.78 is 55.0. The van der Waals surface area contributed by atoms with Gasteiger partial charge < -0.3 is 4.74 Å². The van der Waals surface area contributed by atoms with Gasteiger partial charge in [0.15, 0.2) is 9.84 Å². The highest BCUT2D eigenvalue weighted by Gasteiger charge is 2.27. The molecule has 0 aliphatic heterocycles. The maximum Gasteiger partial charge on any atom is 0.415 e. The third kappa shape index (κ3) is 5.20. The second-order valence-corrected chi connectivity index (χ2v) is 8.08. The van der Waals surface area contributed by atoms with Crippen LogP contribution in [0.5, 0.6) is 0 Å². The van der Waals surface area contributed by atoms with Gasteiger partial charge in [-0.3, -0.25) is 4.90 Å². The minimum absolute atomic E-state index is 0.190. The first-order valence-electron chi connectivity index (χ1n) is 6.93. The summed E-state index contributed by atoms with van der Waals surface area (Å²) in [5.41, 5.74) is -1.65. The Bertz CT molecular complexity index is 761. The summed E-state index contributed by atoms with van der Waals surface area (Å²) in [6.45, 7) is 4.58. The van der Waals surface area contributed by atoms with Crippen LogP contribution in [-0.2, 0) is 14.6 Å². The molecule has 0 atom stereocenters. The van der Waals surface area contributed by atoms with Crippen LogP contribution in [0.25, 0.3) is 0 Å². The van der Waals surface area contributed by atoms with E-state index in [2.05, 4.69) is 5.92 Å². The van der Waals surface area contributed by atoms with E-state index in [1.165, 1.54) is 0 Å². The number of sulfone groups is 1. The molecule has 8 heteroatoms. The summed E-state index contributed by atoms with van der Waals surface area (Å²) >= 11 is 0. The van der Waals surface area contributed by atoms with Gasteiger partial charge in [0.2, 0.25) is 0 Å². The molecule has 0 saturated carbocycles. The van der Waals surface area contributed by atoms with Crippen LogP contribution in [0.1, 0.15) is 32.8 Å². The number of alkyl halides is 2. The van der Waals surface area contributed by atoms with Crippen molar-refractivity contribution in [2.45, 2.75) is 37.7 Å². The van der Waals surface area contributed by atoms with Gasteiger partial charge in [0, 0.05) is 11.8 Å². The van der Waals surface area contributed by atoms with Crippen LogP contribution in [0.3, 0.4) is 0 Å². The third-order valence-electron chi connectivity index (χ3n) is 2.82. The average Bonchev–Trinajstić information content (AvgIpc) is 2.41. The molecule has 0 saturated heterocycles. The standard InChI is InChI=1S/C16H19F2NO4S/c1-6-9-19(15(20)23-16(2,3)4)13-8-7-11(24(5,21)22)10-12(13)14(17)18/h1,7-8,10,14H,9H2,2-5H3. The highest BCUT2D eigenvalue weighted by Crippen LogP contribution is 2.33. The molecule has 5 nitrogen and oxygen atoms in total. The minimum atomic E-state index is -3.67. The lowest BCUT2D eigenvalue weighted by molar-refractivity contribution is 0.0584. The van der Waals surface area contributed by atoms with Crippen molar-refractivity contribution in [2.75, 3.05) is 17.7 Å². The fourth-order valence-corrected chi connectivity index (χ4v) is 2.50. The normalized spacial score (nSPS) is 11.9. The Hall–Kier alpha value is -2.14. The lowest BCUT2D eigenvalue weighted by Crippen LogP contribution is -2.37. The van der Waals surface area contributed by atoms with Gasteiger partial charge in [-0.05, 0) is 39.0 Å². The van der Waals surface area contributed by atoms with Crippen molar-refractivity contribution in [2.24, 2.45) is 0 Å². The second kappa shape index (κ2) is 7.18.